The van der Waals surface area contributed by atoms with Crippen LogP contribution in [0.25, 0.3) is 0 Å². The third kappa shape index (κ3) is 2.69. The molecule has 3 nitrogen and oxygen atoms in total. The first-order chi connectivity index (χ1) is 6.86. The molecule has 0 spiro atoms. The second-order valence-electron chi connectivity index (χ2n) is 4.56. The van der Waals surface area contributed by atoms with Crippen molar-refractivity contribution in [2.45, 2.75) is 37.8 Å². The molecule has 2 aliphatic heterocycles. The highest BCUT2D eigenvalue weighted by molar-refractivity contribution is 4.78. The van der Waals surface area contributed by atoms with Gasteiger partial charge >= 0.3 is 0 Å². The Hall–Kier alpha value is -0.120. The van der Waals surface area contributed by atoms with Crippen molar-refractivity contribution in [3.05, 3.63) is 0 Å². The summed E-state index contributed by atoms with van der Waals surface area (Å²) in [5.74, 6) is 0. The molecule has 3 heteroatoms. The van der Waals surface area contributed by atoms with Gasteiger partial charge in [0.15, 0.2) is 0 Å². The van der Waals surface area contributed by atoms with Crippen molar-refractivity contribution >= 4 is 0 Å². The van der Waals surface area contributed by atoms with Crippen LogP contribution in [0.3, 0.4) is 0 Å². The second kappa shape index (κ2) is 5.10. The molecule has 0 aliphatic carbocycles. The maximum Gasteiger partial charge on any atom is 0.0702 e. The number of nitrogens with zero attached hydrogens (tertiary/aromatic N) is 1. The number of piperidine rings is 1. The summed E-state index contributed by atoms with van der Waals surface area (Å²) in [4.78, 5) is 2.50. The standard InChI is InChI=1S/C11H22N2O/c1-13(9-11-3-2-8-14-11)10-4-6-12-7-5-10/h10-12H,2-9H2,1H3. The molecule has 0 saturated carbocycles. The van der Waals surface area contributed by atoms with Crippen LogP contribution in [0.1, 0.15) is 25.7 Å². The largest absolute Gasteiger partial charge is 0.377 e. The van der Waals surface area contributed by atoms with E-state index in [1.807, 2.05) is 0 Å². The molecule has 1 N–H and O–H groups in total. The van der Waals surface area contributed by atoms with Gasteiger partial charge in [0, 0.05) is 19.2 Å². The van der Waals surface area contributed by atoms with E-state index >= 15 is 0 Å². The average Bonchev–Trinajstić information content (AvgIpc) is 2.72. The van der Waals surface area contributed by atoms with Crippen molar-refractivity contribution in [3.63, 3.8) is 0 Å². The minimum absolute atomic E-state index is 0.509. The first-order valence-electron chi connectivity index (χ1n) is 5.89. The summed E-state index contributed by atoms with van der Waals surface area (Å²) in [7, 11) is 2.25. The number of ether oxygens (including phenoxy) is 1. The zero-order valence-corrected chi connectivity index (χ0v) is 9.17. The number of likely N-dealkylation sites (N-methyl/N-ethyl adjacent to an activating group) is 1. The van der Waals surface area contributed by atoms with Crippen LogP contribution in [-0.4, -0.2) is 50.3 Å². The lowest BCUT2D eigenvalue weighted by atomic mass is 10.0. The van der Waals surface area contributed by atoms with Crippen LogP contribution < -0.4 is 5.32 Å². The van der Waals surface area contributed by atoms with E-state index < -0.39 is 0 Å². The van der Waals surface area contributed by atoms with E-state index in [4.69, 9.17) is 4.74 Å². The molecule has 2 heterocycles. The number of nitrogens with one attached hydrogen (secondary N) is 1. The molecule has 0 amide bonds. The molecule has 0 radical (unpaired) electrons. The quantitative estimate of drug-likeness (QED) is 0.727. The highest BCUT2D eigenvalue weighted by Gasteiger charge is 2.22. The van der Waals surface area contributed by atoms with Gasteiger partial charge < -0.3 is 15.0 Å². The van der Waals surface area contributed by atoms with E-state index in [1.54, 1.807) is 0 Å². The summed E-state index contributed by atoms with van der Waals surface area (Å²) in [6.07, 6.45) is 5.61. The van der Waals surface area contributed by atoms with Crippen molar-refractivity contribution in [2.75, 3.05) is 33.3 Å². The first kappa shape index (κ1) is 10.4. The minimum Gasteiger partial charge on any atom is -0.377 e. The molecule has 2 saturated heterocycles. The molecule has 14 heavy (non-hydrogen) atoms. The third-order valence-electron chi connectivity index (χ3n) is 3.45. The van der Waals surface area contributed by atoms with Gasteiger partial charge in [-0.15, -0.1) is 0 Å². The maximum atomic E-state index is 5.66. The molecule has 1 atom stereocenters. The van der Waals surface area contributed by atoms with Gasteiger partial charge in [-0.05, 0) is 45.8 Å². The Morgan fingerprint density at radius 3 is 2.71 bits per heavy atom. The monoisotopic (exact) mass is 198 g/mol. The van der Waals surface area contributed by atoms with Crippen molar-refractivity contribution in [2.24, 2.45) is 0 Å². The molecule has 0 bridgehead atoms. The Kier molecular flexibility index (Phi) is 3.79. The van der Waals surface area contributed by atoms with E-state index in [0.29, 0.717) is 6.10 Å². The molecule has 82 valence electrons. The van der Waals surface area contributed by atoms with E-state index in [0.717, 1.165) is 19.2 Å². The summed E-state index contributed by atoms with van der Waals surface area (Å²) in [6, 6.07) is 0.778. The van der Waals surface area contributed by atoms with Crippen molar-refractivity contribution in [1.29, 1.82) is 0 Å². The first-order valence-corrected chi connectivity index (χ1v) is 5.89. The molecule has 0 aromatic heterocycles. The van der Waals surface area contributed by atoms with Gasteiger partial charge in [0.2, 0.25) is 0 Å². The van der Waals surface area contributed by atoms with Crippen molar-refractivity contribution in [1.82, 2.24) is 10.2 Å². The van der Waals surface area contributed by atoms with Crippen LogP contribution >= 0.6 is 0 Å². The fourth-order valence-corrected chi connectivity index (χ4v) is 2.51. The predicted octanol–water partition coefficient (Wildman–Crippen LogP) is 0.849. The molecule has 2 fully saturated rings. The zero-order valence-electron chi connectivity index (χ0n) is 9.17. The Morgan fingerprint density at radius 2 is 2.07 bits per heavy atom. The topological polar surface area (TPSA) is 24.5 Å². The van der Waals surface area contributed by atoms with Gasteiger partial charge in [-0.25, -0.2) is 0 Å². The highest BCUT2D eigenvalue weighted by Crippen LogP contribution is 2.16. The average molecular weight is 198 g/mol. The Bertz CT molecular complexity index is 163. The Balaban J connectivity index is 1.72. The summed E-state index contributed by atoms with van der Waals surface area (Å²) < 4.78 is 5.66. The van der Waals surface area contributed by atoms with Crippen molar-refractivity contribution < 1.29 is 4.74 Å². The number of hydrogen-bond donors (Lipinski definition) is 1. The normalized spacial score (nSPS) is 30.0. The van der Waals surface area contributed by atoms with Gasteiger partial charge in [-0.3, -0.25) is 0 Å². The molecule has 2 aliphatic rings. The predicted molar refractivity (Wildman–Crippen MR) is 57.5 cm³/mol. The van der Waals surface area contributed by atoms with E-state index in [-0.39, 0.29) is 0 Å². The SMILES string of the molecule is CN(CC1CCCO1)C1CCNCC1. The van der Waals surface area contributed by atoms with Crippen LogP contribution in [0.2, 0.25) is 0 Å². The van der Waals surface area contributed by atoms with Crippen LogP contribution in [0.15, 0.2) is 0 Å². The van der Waals surface area contributed by atoms with E-state index in [2.05, 4.69) is 17.3 Å². The molecule has 0 aromatic rings. The Morgan fingerprint density at radius 1 is 1.29 bits per heavy atom. The molecule has 2 rings (SSSR count). The molecule has 1 unspecified atom stereocenters. The van der Waals surface area contributed by atoms with E-state index in [1.165, 1.54) is 38.8 Å². The van der Waals surface area contributed by atoms with Crippen LogP contribution in [0.4, 0.5) is 0 Å². The number of rotatable bonds is 3. The van der Waals surface area contributed by atoms with Crippen LogP contribution in [0.5, 0.6) is 0 Å². The minimum atomic E-state index is 0.509. The number of hydrogen-bond acceptors (Lipinski definition) is 3. The van der Waals surface area contributed by atoms with Crippen LogP contribution in [0, 0.1) is 0 Å². The highest BCUT2D eigenvalue weighted by atomic mass is 16.5. The van der Waals surface area contributed by atoms with Crippen LogP contribution in [-0.2, 0) is 4.74 Å². The van der Waals surface area contributed by atoms with Gasteiger partial charge in [-0.1, -0.05) is 0 Å². The molecule has 0 aromatic carbocycles. The lowest BCUT2D eigenvalue weighted by Gasteiger charge is -2.32. The van der Waals surface area contributed by atoms with E-state index in [9.17, 15) is 0 Å². The Labute approximate surface area is 86.8 Å². The maximum absolute atomic E-state index is 5.66. The fourth-order valence-electron chi connectivity index (χ4n) is 2.51. The summed E-state index contributed by atoms with van der Waals surface area (Å²) in [5.41, 5.74) is 0. The van der Waals surface area contributed by atoms with Gasteiger partial charge in [0.1, 0.15) is 0 Å². The lowest BCUT2D eigenvalue weighted by Crippen LogP contribution is -2.43. The second-order valence-corrected chi connectivity index (χ2v) is 4.56. The summed E-state index contributed by atoms with van der Waals surface area (Å²) in [6.45, 7) is 4.47. The van der Waals surface area contributed by atoms with Gasteiger partial charge in [0.25, 0.3) is 0 Å². The van der Waals surface area contributed by atoms with Crippen molar-refractivity contribution in [3.8, 4) is 0 Å². The molecular weight excluding hydrogens is 176 g/mol. The zero-order chi connectivity index (χ0) is 9.80. The third-order valence-corrected chi connectivity index (χ3v) is 3.45. The lowest BCUT2D eigenvalue weighted by molar-refractivity contribution is 0.0623. The smallest absolute Gasteiger partial charge is 0.0702 e. The summed E-state index contributed by atoms with van der Waals surface area (Å²) in [5, 5.41) is 3.41. The van der Waals surface area contributed by atoms with Gasteiger partial charge in [0.05, 0.1) is 6.10 Å². The molecular formula is C11H22N2O. The summed E-state index contributed by atoms with van der Waals surface area (Å²) >= 11 is 0. The fraction of sp³-hybridized carbons (Fsp3) is 1.00. The van der Waals surface area contributed by atoms with Gasteiger partial charge in [-0.2, -0.15) is 0 Å².